The second-order valence-corrected chi connectivity index (χ2v) is 5.97. The molecule has 2 aromatic rings. The lowest BCUT2D eigenvalue weighted by Gasteiger charge is -2.19. The van der Waals surface area contributed by atoms with E-state index in [1.807, 2.05) is 31.3 Å². The van der Waals surface area contributed by atoms with Crippen molar-refractivity contribution in [3.8, 4) is 0 Å². The van der Waals surface area contributed by atoms with Crippen LogP contribution in [-0.4, -0.2) is 11.5 Å². The quantitative estimate of drug-likeness (QED) is 0.790. The highest BCUT2D eigenvalue weighted by Crippen LogP contribution is 2.27. The number of nitrogens with one attached hydrogen (secondary N) is 1. The van der Waals surface area contributed by atoms with Crippen molar-refractivity contribution in [3.63, 3.8) is 0 Å². The van der Waals surface area contributed by atoms with Crippen molar-refractivity contribution in [2.75, 3.05) is 6.54 Å². The fourth-order valence-electron chi connectivity index (χ4n) is 1.97. The summed E-state index contributed by atoms with van der Waals surface area (Å²) in [6, 6.07) is 10.5. The number of aryl methyl sites for hydroxylation is 1. The summed E-state index contributed by atoms with van der Waals surface area (Å²) in [7, 11) is 0. The maximum atomic E-state index is 6.22. The van der Waals surface area contributed by atoms with Crippen LogP contribution >= 0.6 is 34.2 Å². The summed E-state index contributed by atoms with van der Waals surface area (Å²) < 4.78 is 1.07. The predicted molar refractivity (Wildman–Crippen MR) is 88.7 cm³/mol. The van der Waals surface area contributed by atoms with Crippen molar-refractivity contribution >= 4 is 34.2 Å². The molecule has 0 fully saturated rings. The van der Waals surface area contributed by atoms with E-state index in [1.54, 1.807) is 0 Å². The molecule has 1 N–H and O–H groups in total. The van der Waals surface area contributed by atoms with Crippen LogP contribution in [0.1, 0.15) is 29.8 Å². The average Bonchev–Trinajstić information content (AvgIpc) is 2.41. The molecule has 0 amide bonds. The zero-order valence-corrected chi connectivity index (χ0v) is 13.9. The minimum absolute atomic E-state index is 0.132. The lowest BCUT2D eigenvalue weighted by atomic mass is 10.00. The molecule has 1 heterocycles. The smallest absolute Gasteiger partial charge is 0.0592 e. The Kier molecular flexibility index (Phi) is 5.19. The maximum Gasteiger partial charge on any atom is 0.0592 e. The average molecular weight is 387 g/mol. The van der Waals surface area contributed by atoms with Gasteiger partial charge in [0.2, 0.25) is 0 Å². The van der Waals surface area contributed by atoms with E-state index in [9.17, 15) is 0 Å². The van der Waals surface area contributed by atoms with Crippen molar-refractivity contribution in [3.05, 3.63) is 61.9 Å². The molecule has 0 radical (unpaired) electrons. The zero-order chi connectivity index (χ0) is 13.8. The first kappa shape index (κ1) is 14.8. The van der Waals surface area contributed by atoms with Gasteiger partial charge in [-0.25, -0.2) is 0 Å². The third-order valence-electron chi connectivity index (χ3n) is 2.95. The van der Waals surface area contributed by atoms with Crippen LogP contribution in [0.15, 0.2) is 36.5 Å². The Morgan fingerprint density at radius 1 is 1.26 bits per heavy atom. The summed E-state index contributed by atoms with van der Waals surface area (Å²) in [4.78, 5) is 4.37. The minimum Gasteiger partial charge on any atom is -0.306 e. The van der Waals surface area contributed by atoms with Crippen LogP contribution in [0.5, 0.6) is 0 Å². The van der Waals surface area contributed by atoms with E-state index in [0.717, 1.165) is 32.0 Å². The molecule has 0 aliphatic rings. The lowest BCUT2D eigenvalue weighted by molar-refractivity contribution is 0.628. The highest BCUT2D eigenvalue weighted by molar-refractivity contribution is 14.1. The fraction of sp³-hybridized carbons (Fsp3) is 0.267. The summed E-state index contributed by atoms with van der Waals surface area (Å²) in [6.07, 6.45) is 1.93. The third kappa shape index (κ3) is 3.68. The minimum atomic E-state index is 0.132. The predicted octanol–water partition coefficient (Wildman–Crippen LogP) is 4.35. The van der Waals surface area contributed by atoms with Crippen molar-refractivity contribution in [2.24, 2.45) is 0 Å². The molecule has 1 aromatic carbocycles. The van der Waals surface area contributed by atoms with Gasteiger partial charge in [0.25, 0.3) is 0 Å². The van der Waals surface area contributed by atoms with Gasteiger partial charge in [-0.1, -0.05) is 30.7 Å². The van der Waals surface area contributed by atoms with Gasteiger partial charge in [0, 0.05) is 15.5 Å². The molecule has 2 nitrogen and oxygen atoms in total. The van der Waals surface area contributed by atoms with Crippen LogP contribution in [0, 0.1) is 10.5 Å². The zero-order valence-electron chi connectivity index (χ0n) is 11.0. The van der Waals surface area contributed by atoms with Gasteiger partial charge in [0.1, 0.15) is 0 Å². The molecule has 19 heavy (non-hydrogen) atoms. The monoisotopic (exact) mass is 386 g/mol. The van der Waals surface area contributed by atoms with Gasteiger partial charge in [0.15, 0.2) is 0 Å². The highest BCUT2D eigenvalue weighted by Gasteiger charge is 2.14. The topological polar surface area (TPSA) is 24.9 Å². The third-order valence-corrected chi connectivity index (χ3v) is 4.53. The van der Waals surface area contributed by atoms with E-state index in [4.69, 9.17) is 11.6 Å². The first-order valence-electron chi connectivity index (χ1n) is 6.22. The van der Waals surface area contributed by atoms with Gasteiger partial charge < -0.3 is 5.32 Å². The summed E-state index contributed by atoms with van der Waals surface area (Å²) >= 11 is 8.46. The summed E-state index contributed by atoms with van der Waals surface area (Å²) in [6.45, 7) is 4.98. The Balaban J connectivity index is 2.38. The van der Waals surface area contributed by atoms with Crippen LogP contribution in [0.2, 0.25) is 5.02 Å². The Bertz CT molecular complexity index is 555. The molecular formula is C15H16ClIN2. The molecule has 0 aliphatic heterocycles. The normalized spacial score (nSPS) is 12.4. The largest absolute Gasteiger partial charge is 0.306 e. The van der Waals surface area contributed by atoms with E-state index in [0.29, 0.717) is 0 Å². The van der Waals surface area contributed by atoms with Crippen LogP contribution in [-0.2, 0) is 0 Å². The van der Waals surface area contributed by atoms with Gasteiger partial charge in [-0.05, 0) is 65.4 Å². The van der Waals surface area contributed by atoms with Crippen LogP contribution < -0.4 is 5.32 Å². The first-order chi connectivity index (χ1) is 9.11. The number of hydrogen-bond acceptors (Lipinski definition) is 2. The summed E-state index contributed by atoms with van der Waals surface area (Å²) in [5.74, 6) is 0. The molecule has 1 atom stereocenters. The van der Waals surface area contributed by atoms with Crippen LogP contribution in [0.3, 0.4) is 0 Å². The van der Waals surface area contributed by atoms with Gasteiger partial charge >= 0.3 is 0 Å². The molecule has 1 aromatic heterocycles. The number of rotatable bonds is 4. The molecule has 4 heteroatoms. The lowest BCUT2D eigenvalue weighted by Crippen LogP contribution is -2.22. The Morgan fingerprint density at radius 2 is 2.00 bits per heavy atom. The van der Waals surface area contributed by atoms with Crippen molar-refractivity contribution in [2.45, 2.75) is 19.9 Å². The molecule has 0 saturated heterocycles. The number of pyridine rings is 1. The fourth-order valence-corrected chi connectivity index (χ4v) is 2.50. The summed E-state index contributed by atoms with van der Waals surface area (Å²) in [5.41, 5.74) is 3.35. The number of aromatic nitrogens is 1. The molecule has 0 bridgehead atoms. The van der Waals surface area contributed by atoms with Crippen molar-refractivity contribution in [1.29, 1.82) is 0 Å². The Hall–Kier alpha value is -0.650. The Morgan fingerprint density at radius 3 is 2.58 bits per heavy atom. The highest BCUT2D eigenvalue weighted by atomic mass is 127. The van der Waals surface area contributed by atoms with Gasteiger partial charge in [-0.3, -0.25) is 4.98 Å². The van der Waals surface area contributed by atoms with Gasteiger partial charge in [-0.15, -0.1) is 0 Å². The van der Waals surface area contributed by atoms with E-state index in [2.05, 4.69) is 51.9 Å². The maximum absolute atomic E-state index is 6.22. The molecule has 0 aliphatic carbocycles. The molecule has 0 saturated carbocycles. The van der Waals surface area contributed by atoms with E-state index < -0.39 is 0 Å². The van der Waals surface area contributed by atoms with Crippen molar-refractivity contribution in [1.82, 2.24) is 10.3 Å². The Labute approximate surface area is 132 Å². The molecular weight excluding hydrogens is 371 g/mol. The van der Waals surface area contributed by atoms with E-state index in [-0.39, 0.29) is 6.04 Å². The molecule has 1 unspecified atom stereocenters. The summed E-state index contributed by atoms with van der Waals surface area (Å²) in [5, 5.41) is 4.27. The number of nitrogens with zero attached hydrogens (tertiary/aromatic N) is 1. The molecule has 100 valence electrons. The van der Waals surface area contributed by atoms with Crippen molar-refractivity contribution < 1.29 is 0 Å². The van der Waals surface area contributed by atoms with Crippen LogP contribution in [0.25, 0.3) is 0 Å². The van der Waals surface area contributed by atoms with E-state index >= 15 is 0 Å². The SMILES string of the molecule is CCNC(c1ccc(C)nc1)c1ccc(I)c(Cl)c1. The molecule has 2 rings (SSSR count). The number of benzene rings is 1. The molecule has 0 spiro atoms. The first-order valence-corrected chi connectivity index (χ1v) is 7.68. The second-order valence-electron chi connectivity index (χ2n) is 4.40. The number of hydrogen-bond donors (Lipinski definition) is 1. The van der Waals surface area contributed by atoms with Gasteiger partial charge in [-0.2, -0.15) is 0 Å². The van der Waals surface area contributed by atoms with Gasteiger partial charge in [0.05, 0.1) is 11.1 Å². The standard InChI is InChI=1S/C15H16ClIN2/c1-3-18-15(12-5-4-10(2)19-9-12)11-6-7-14(17)13(16)8-11/h4-9,15,18H,3H2,1-2H3. The van der Waals surface area contributed by atoms with E-state index in [1.165, 1.54) is 0 Å². The number of halogens is 2. The second kappa shape index (κ2) is 6.68. The van der Waals surface area contributed by atoms with Crippen LogP contribution in [0.4, 0.5) is 0 Å².